The third kappa shape index (κ3) is 4.26. The molecule has 0 spiro atoms. The molecule has 0 aromatic heterocycles. The molecule has 0 aliphatic carbocycles. The van der Waals surface area contributed by atoms with E-state index in [4.69, 9.17) is 4.74 Å². The highest BCUT2D eigenvalue weighted by atomic mass is 79.9. The quantitative estimate of drug-likeness (QED) is 0.451. The summed E-state index contributed by atoms with van der Waals surface area (Å²) < 4.78 is 19.1. The van der Waals surface area contributed by atoms with Crippen LogP contribution in [0.4, 0.5) is 4.39 Å². The summed E-state index contributed by atoms with van der Waals surface area (Å²) in [6, 6.07) is 9.64. The van der Waals surface area contributed by atoms with Gasteiger partial charge in [-0.05, 0) is 60.9 Å². The molecule has 0 saturated carbocycles. The Balaban J connectivity index is 2.10. The summed E-state index contributed by atoms with van der Waals surface area (Å²) in [4.78, 5) is 11.8. The number of aryl methyl sites for hydroxylation is 2. The van der Waals surface area contributed by atoms with E-state index in [2.05, 4.69) is 15.9 Å². The molecule has 0 aliphatic heterocycles. The number of hydrogen-bond donors (Lipinski definition) is 0. The lowest BCUT2D eigenvalue weighted by atomic mass is 10.1. The predicted molar refractivity (Wildman–Crippen MR) is 84.7 cm³/mol. The smallest absolute Gasteiger partial charge is 0.336 e. The van der Waals surface area contributed by atoms with Gasteiger partial charge in [-0.1, -0.05) is 28.1 Å². The van der Waals surface area contributed by atoms with E-state index in [0.717, 1.165) is 21.2 Å². The second-order valence-corrected chi connectivity index (χ2v) is 5.59. The van der Waals surface area contributed by atoms with Crippen molar-refractivity contribution >= 4 is 28.0 Å². The first-order valence-electron chi connectivity index (χ1n) is 6.38. The van der Waals surface area contributed by atoms with Gasteiger partial charge in [-0.2, -0.15) is 0 Å². The van der Waals surface area contributed by atoms with Crippen LogP contribution in [0.3, 0.4) is 0 Å². The first-order chi connectivity index (χ1) is 9.95. The van der Waals surface area contributed by atoms with Gasteiger partial charge in [0.2, 0.25) is 0 Å². The molecular formula is C17H14BrFO2. The number of benzene rings is 2. The lowest BCUT2D eigenvalue weighted by Crippen LogP contribution is -2.06. The SMILES string of the molecule is Cc1cc(Br)cc(C)c1OC(=O)/C=C/c1ccc(F)cc1. The van der Waals surface area contributed by atoms with Crippen molar-refractivity contribution in [2.45, 2.75) is 13.8 Å². The Hall–Kier alpha value is -1.94. The van der Waals surface area contributed by atoms with Crippen LogP contribution in [-0.2, 0) is 4.79 Å². The van der Waals surface area contributed by atoms with E-state index in [1.807, 2.05) is 26.0 Å². The molecule has 108 valence electrons. The lowest BCUT2D eigenvalue weighted by molar-refractivity contribution is -0.129. The topological polar surface area (TPSA) is 26.3 Å². The van der Waals surface area contributed by atoms with E-state index >= 15 is 0 Å². The van der Waals surface area contributed by atoms with Crippen molar-refractivity contribution in [3.63, 3.8) is 0 Å². The molecule has 0 N–H and O–H groups in total. The van der Waals surface area contributed by atoms with E-state index in [1.54, 1.807) is 18.2 Å². The second kappa shape index (κ2) is 6.68. The lowest BCUT2D eigenvalue weighted by Gasteiger charge is -2.09. The Morgan fingerprint density at radius 1 is 1.14 bits per heavy atom. The zero-order valence-electron chi connectivity index (χ0n) is 11.7. The zero-order chi connectivity index (χ0) is 15.4. The third-order valence-corrected chi connectivity index (χ3v) is 3.37. The Kier molecular flexibility index (Phi) is 4.91. The summed E-state index contributed by atoms with van der Waals surface area (Å²) >= 11 is 3.40. The number of rotatable bonds is 3. The molecule has 0 saturated heterocycles. The van der Waals surface area contributed by atoms with Gasteiger partial charge in [-0.25, -0.2) is 9.18 Å². The summed E-state index contributed by atoms with van der Waals surface area (Å²) in [7, 11) is 0. The van der Waals surface area contributed by atoms with E-state index in [9.17, 15) is 9.18 Å². The molecular weight excluding hydrogens is 335 g/mol. The molecule has 0 bridgehead atoms. The monoisotopic (exact) mass is 348 g/mol. The fourth-order valence-corrected chi connectivity index (χ4v) is 2.62. The Morgan fingerprint density at radius 2 is 1.71 bits per heavy atom. The van der Waals surface area contributed by atoms with Gasteiger partial charge < -0.3 is 4.74 Å². The molecule has 2 rings (SSSR count). The molecule has 0 unspecified atom stereocenters. The Bertz CT molecular complexity index is 667. The van der Waals surface area contributed by atoms with Crippen LogP contribution in [0.1, 0.15) is 16.7 Å². The predicted octanol–water partition coefficient (Wildman–Crippen LogP) is 4.82. The molecule has 0 aliphatic rings. The van der Waals surface area contributed by atoms with Gasteiger partial charge in [-0.15, -0.1) is 0 Å². The number of ether oxygens (including phenoxy) is 1. The normalized spacial score (nSPS) is 10.9. The van der Waals surface area contributed by atoms with Crippen LogP contribution in [0.15, 0.2) is 46.9 Å². The van der Waals surface area contributed by atoms with Crippen LogP contribution < -0.4 is 4.74 Å². The van der Waals surface area contributed by atoms with E-state index in [-0.39, 0.29) is 5.82 Å². The molecule has 2 aromatic rings. The minimum absolute atomic E-state index is 0.309. The summed E-state index contributed by atoms with van der Waals surface area (Å²) in [6.07, 6.45) is 2.92. The van der Waals surface area contributed by atoms with Gasteiger partial charge in [0.1, 0.15) is 11.6 Å². The van der Waals surface area contributed by atoms with Crippen molar-refractivity contribution < 1.29 is 13.9 Å². The van der Waals surface area contributed by atoms with Gasteiger partial charge in [0.15, 0.2) is 0 Å². The number of halogens is 2. The van der Waals surface area contributed by atoms with Crippen LogP contribution in [0.5, 0.6) is 5.75 Å². The summed E-state index contributed by atoms with van der Waals surface area (Å²) in [5, 5.41) is 0. The number of carbonyl (C=O) groups is 1. The van der Waals surface area contributed by atoms with Crippen LogP contribution >= 0.6 is 15.9 Å². The van der Waals surface area contributed by atoms with Gasteiger partial charge in [-0.3, -0.25) is 0 Å². The Morgan fingerprint density at radius 3 is 2.29 bits per heavy atom. The minimum Gasteiger partial charge on any atom is -0.423 e. The first kappa shape index (κ1) is 15.4. The molecule has 0 atom stereocenters. The molecule has 21 heavy (non-hydrogen) atoms. The van der Waals surface area contributed by atoms with E-state index in [0.29, 0.717) is 5.75 Å². The number of hydrogen-bond acceptors (Lipinski definition) is 2. The van der Waals surface area contributed by atoms with Gasteiger partial charge in [0.25, 0.3) is 0 Å². The highest BCUT2D eigenvalue weighted by Gasteiger charge is 2.08. The van der Waals surface area contributed by atoms with Crippen LogP contribution in [0, 0.1) is 19.7 Å². The third-order valence-electron chi connectivity index (χ3n) is 2.91. The fourth-order valence-electron chi connectivity index (χ4n) is 1.93. The average molecular weight is 349 g/mol. The molecule has 0 fully saturated rings. The second-order valence-electron chi connectivity index (χ2n) is 4.67. The van der Waals surface area contributed by atoms with Crippen molar-refractivity contribution in [3.8, 4) is 5.75 Å². The van der Waals surface area contributed by atoms with E-state index in [1.165, 1.54) is 18.2 Å². The highest BCUT2D eigenvalue weighted by molar-refractivity contribution is 9.10. The molecule has 0 radical (unpaired) electrons. The highest BCUT2D eigenvalue weighted by Crippen LogP contribution is 2.27. The molecule has 2 aromatic carbocycles. The fraction of sp³-hybridized carbons (Fsp3) is 0.118. The van der Waals surface area contributed by atoms with Crippen LogP contribution in [-0.4, -0.2) is 5.97 Å². The number of carbonyl (C=O) groups excluding carboxylic acids is 1. The molecule has 0 amide bonds. The first-order valence-corrected chi connectivity index (χ1v) is 7.17. The van der Waals surface area contributed by atoms with Crippen LogP contribution in [0.25, 0.3) is 6.08 Å². The van der Waals surface area contributed by atoms with Gasteiger partial charge in [0, 0.05) is 10.5 Å². The zero-order valence-corrected chi connectivity index (χ0v) is 13.3. The van der Waals surface area contributed by atoms with E-state index < -0.39 is 5.97 Å². The maximum Gasteiger partial charge on any atom is 0.336 e. The molecule has 2 nitrogen and oxygen atoms in total. The van der Waals surface area contributed by atoms with Gasteiger partial charge >= 0.3 is 5.97 Å². The maximum absolute atomic E-state index is 12.8. The van der Waals surface area contributed by atoms with Crippen molar-refractivity contribution in [2.75, 3.05) is 0 Å². The standard InChI is InChI=1S/C17H14BrFO2/c1-11-9-14(18)10-12(2)17(11)21-16(20)8-5-13-3-6-15(19)7-4-13/h3-10H,1-2H3/b8-5+. The minimum atomic E-state index is -0.465. The largest absolute Gasteiger partial charge is 0.423 e. The van der Waals surface area contributed by atoms with Crippen LogP contribution in [0.2, 0.25) is 0 Å². The Labute approximate surface area is 131 Å². The summed E-state index contributed by atoms with van der Waals surface area (Å²) in [5.41, 5.74) is 2.49. The molecule has 0 heterocycles. The van der Waals surface area contributed by atoms with Crippen molar-refractivity contribution in [2.24, 2.45) is 0 Å². The van der Waals surface area contributed by atoms with Gasteiger partial charge in [0.05, 0.1) is 0 Å². The van der Waals surface area contributed by atoms with Crippen molar-refractivity contribution in [3.05, 3.63) is 69.5 Å². The van der Waals surface area contributed by atoms with Crippen molar-refractivity contribution in [1.82, 2.24) is 0 Å². The average Bonchev–Trinajstić information content (AvgIpc) is 2.42. The summed E-state index contributed by atoms with van der Waals surface area (Å²) in [6.45, 7) is 3.76. The maximum atomic E-state index is 12.8. The molecule has 4 heteroatoms. The summed E-state index contributed by atoms with van der Waals surface area (Å²) in [5.74, 6) is -0.212. The number of esters is 1. The van der Waals surface area contributed by atoms with Crippen molar-refractivity contribution in [1.29, 1.82) is 0 Å².